The fraction of sp³-hybridized carbons (Fsp3) is 0.524. The van der Waals surface area contributed by atoms with Crippen molar-refractivity contribution in [1.82, 2.24) is 20.4 Å². The van der Waals surface area contributed by atoms with Crippen molar-refractivity contribution in [3.8, 4) is 5.75 Å². The molecule has 0 aliphatic carbocycles. The first kappa shape index (κ1) is 22.2. The Morgan fingerprint density at radius 2 is 1.93 bits per heavy atom. The third-order valence-electron chi connectivity index (χ3n) is 5.17. The van der Waals surface area contributed by atoms with Gasteiger partial charge in [0, 0.05) is 12.4 Å². The molecule has 6 nitrogen and oxygen atoms in total. The van der Waals surface area contributed by atoms with Crippen LogP contribution in [-0.4, -0.2) is 41.9 Å². The van der Waals surface area contributed by atoms with E-state index in [4.69, 9.17) is 4.74 Å². The number of hydrogen-bond donors (Lipinski definition) is 2. The molecule has 3 rings (SSSR count). The maximum Gasteiger partial charge on any atom is 0.248 e. The van der Waals surface area contributed by atoms with E-state index in [0.717, 1.165) is 31.7 Å². The van der Waals surface area contributed by atoms with Crippen LogP contribution in [0.3, 0.4) is 0 Å². The third kappa shape index (κ3) is 5.06. The molecule has 0 saturated carbocycles. The van der Waals surface area contributed by atoms with Crippen LogP contribution >= 0.6 is 12.4 Å². The van der Waals surface area contributed by atoms with E-state index in [1.54, 1.807) is 10.9 Å². The van der Waals surface area contributed by atoms with E-state index in [0.29, 0.717) is 13.2 Å². The SMILES string of the molecule is CC(C)(C)c1ccc(OCCNC(=O)C2(n3cccn3)CCNCC2)cc1.Cl. The molecule has 7 heteroatoms. The summed E-state index contributed by atoms with van der Waals surface area (Å²) in [4.78, 5) is 12.9. The van der Waals surface area contributed by atoms with Gasteiger partial charge in [-0.1, -0.05) is 32.9 Å². The molecule has 154 valence electrons. The van der Waals surface area contributed by atoms with E-state index in [2.05, 4.69) is 48.6 Å². The van der Waals surface area contributed by atoms with Crippen LogP contribution in [0.1, 0.15) is 39.2 Å². The van der Waals surface area contributed by atoms with Gasteiger partial charge in [0.1, 0.15) is 17.9 Å². The highest BCUT2D eigenvalue weighted by Crippen LogP contribution is 2.27. The van der Waals surface area contributed by atoms with Gasteiger partial charge >= 0.3 is 0 Å². The van der Waals surface area contributed by atoms with Crippen molar-refractivity contribution in [3.05, 3.63) is 48.3 Å². The predicted molar refractivity (Wildman–Crippen MR) is 113 cm³/mol. The van der Waals surface area contributed by atoms with Gasteiger partial charge < -0.3 is 15.4 Å². The minimum atomic E-state index is -0.608. The van der Waals surface area contributed by atoms with Gasteiger partial charge in [0.2, 0.25) is 5.91 Å². The van der Waals surface area contributed by atoms with Crippen LogP contribution in [0.2, 0.25) is 0 Å². The Morgan fingerprint density at radius 3 is 2.50 bits per heavy atom. The summed E-state index contributed by atoms with van der Waals surface area (Å²) in [6.45, 7) is 9.09. The molecule has 2 heterocycles. The quantitative estimate of drug-likeness (QED) is 0.724. The Kier molecular flexibility index (Phi) is 7.49. The van der Waals surface area contributed by atoms with Gasteiger partial charge in [-0.3, -0.25) is 9.48 Å². The van der Waals surface area contributed by atoms with Crippen LogP contribution in [0.25, 0.3) is 0 Å². The van der Waals surface area contributed by atoms with E-state index in [-0.39, 0.29) is 23.7 Å². The molecule has 0 atom stereocenters. The van der Waals surface area contributed by atoms with Crippen LogP contribution in [-0.2, 0) is 15.7 Å². The number of ether oxygens (including phenoxy) is 1. The number of carbonyl (C=O) groups is 1. The molecule has 1 aromatic heterocycles. The van der Waals surface area contributed by atoms with Gasteiger partial charge in [-0.05, 0) is 55.1 Å². The average Bonchev–Trinajstić information content (AvgIpc) is 3.20. The first-order valence-electron chi connectivity index (χ1n) is 9.64. The molecule has 0 radical (unpaired) electrons. The molecule has 0 bridgehead atoms. The van der Waals surface area contributed by atoms with Crippen molar-refractivity contribution in [2.45, 2.75) is 44.6 Å². The maximum atomic E-state index is 12.9. The summed E-state index contributed by atoms with van der Waals surface area (Å²) in [7, 11) is 0. The monoisotopic (exact) mass is 406 g/mol. The van der Waals surface area contributed by atoms with E-state index in [1.165, 1.54) is 5.56 Å². The van der Waals surface area contributed by atoms with Gasteiger partial charge in [-0.2, -0.15) is 5.10 Å². The standard InChI is InChI=1S/C21H30N4O2.ClH/c1-20(2,3)17-5-7-18(8-6-17)27-16-14-23-19(26)21(9-12-22-13-10-21)25-15-4-11-24-25;/h4-8,11,15,22H,9-10,12-14,16H2,1-3H3,(H,23,26);1H. The zero-order valence-electron chi connectivity index (χ0n) is 16.9. The molecule has 2 N–H and O–H groups in total. The van der Waals surface area contributed by atoms with Crippen molar-refractivity contribution in [2.75, 3.05) is 26.2 Å². The van der Waals surface area contributed by atoms with E-state index in [1.807, 2.05) is 24.4 Å². The minimum absolute atomic E-state index is 0. The number of benzene rings is 1. The van der Waals surface area contributed by atoms with Crippen LogP contribution in [0.4, 0.5) is 0 Å². The summed E-state index contributed by atoms with van der Waals surface area (Å²) < 4.78 is 7.59. The molecule has 1 aliphatic rings. The number of carbonyl (C=O) groups excluding carboxylic acids is 1. The van der Waals surface area contributed by atoms with E-state index < -0.39 is 5.54 Å². The molecule has 2 aromatic rings. The minimum Gasteiger partial charge on any atom is -0.492 e. The summed E-state index contributed by atoms with van der Waals surface area (Å²) in [5, 5.41) is 10.7. The topological polar surface area (TPSA) is 68.2 Å². The van der Waals surface area contributed by atoms with Crippen molar-refractivity contribution in [2.24, 2.45) is 0 Å². The van der Waals surface area contributed by atoms with Crippen molar-refractivity contribution >= 4 is 18.3 Å². The van der Waals surface area contributed by atoms with Crippen LogP contribution in [0.15, 0.2) is 42.7 Å². The van der Waals surface area contributed by atoms with Gasteiger partial charge in [0.25, 0.3) is 0 Å². The molecule has 28 heavy (non-hydrogen) atoms. The lowest BCUT2D eigenvalue weighted by Crippen LogP contribution is -2.55. The number of rotatable bonds is 6. The number of aromatic nitrogens is 2. The Hall–Kier alpha value is -2.05. The lowest BCUT2D eigenvalue weighted by atomic mass is 9.87. The highest BCUT2D eigenvalue weighted by Gasteiger charge is 2.41. The number of nitrogens with one attached hydrogen (secondary N) is 2. The first-order chi connectivity index (χ1) is 12.9. The van der Waals surface area contributed by atoms with Gasteiger partial charge in [-0.15, -0.1) is 12.4 Å². The third-order valence-corrected chi connectivity index (χ3v) is 5.17. The highest BCUT2D eigenvalue weighted by atomic mass is 35.5. The van der Waals surface area contributed by atoms with Crippen molar-refractivity contribution in [1.29, 1.82) is 0 Å². The molecule has 1 aliphatic heterocycles. The highest BCUT2D eigenvalue weighted by molar-refractivity contribution is 5.85. The van der Waals surface area contributed by atoms with Crippen LogP contribution in [0, 0.1) is 0 Å². The number of piperidine rings is 1. The van der Waals surface area contributed by atoms with Gasteiger partial charge in [-0.25, -0.2) is 0 Å². The lowest BCUT2D eigenvalue weighted by molar-refractivity contribution is -0.132. The number of halogens is 1. The van der Waals surface area contributed by atoms with E-state index >= 15 is 0 Å². The summed E-state index contributed by atoms with van der Waals surface area (Å²) in [5.41, 5.74) is 0.792. The fourth-order valence-corrected chi connectivity index (χ4v) is 3.47. The lowest BCUT2D eigenvalue weighted by Gasteiger charge is -2.36. The zero-order valence-corrected chi connectivity index (χ0v) is 17.7. The molecule has 0 unspecified atom stereocenters. The second-order valence-corrected chi connectivity index (χ2v) is 8.11. The Morgan fingerprint density at radius 1 is 1.25 bits per heavy atom. The van der Waals surface area contributed by atoms with Crippen LogP contribution < -0.4 is 15.4 Å². The molecule has 1 aromatic carbocycles. The summed E-state index contributed by atoms with van der Waals surface area (Å²) in [6.07, 6.45) is 5.06. The van der Waals surface area contributed by atoms with Crippen molar-refractivity contribution in [3.63, 3.8) is 0 Å². The second-order valence-electron chi connectivity index (χ2n) is 8.11. The largest absolute Gasteiger partial charge is 0.492 e. The second kappa shape index (κ2) is 9.43. The molecule has 1 fully saturated rings. The first-order valence-corrected chi connectivity index (χ1v) is 9.64. The molecular formula is C21H31ClN4O2. The Balaban J connectivity index is 0.00000280. The zero-order chi connectivity index (χ0) is 19.3. The van der Waals surface area contributed by atoms with E-state index in [9.17, 15) is 4.79 Å². The fourth-order valence-electron chi connectivity index (χ4n) is 3.47. The summed E-state index contributed by atoms with van der Waals surface area (Å²) in [6, 6.07) is 10.0. The van der Waals surface area contributed by atoms with Gasteiger partial charge in [0.05, 0.1) is 6.54 Å². The summed E-state index contributed by atoms with van der Waals surface area (Å²) in [5.74, 6) is 0.834. The molecule has 0 spiro atoms. The Bertz CT molecular complexity index is 733. The van der Waals surface area contributed by atoms with Crippen LogP contribution in [0.5, 0.6) is 5.75 Å². The van der Waals surface area contributed by atoms with Gasteiger partial charge in [0.15, 0.2) is 0 Å². The smallest absolute Gasteiger partial charge is 0.248 e. The number of hydrogen-bond acceptors (Lipinski definition) is 4. The Labute approximate surface area is 173 Å². The molecule has 1 amide bonds. The molecule has 1 saturated heterocycles. The normalized spacial score (nSPS) is 16.1. The predicted octanol–water partition coefficient (Wildman–Crippen LogP) is 2.88. The van der Waals surface area contributed by atoms with Crippen molar-refractivity contribution < 1.29 is 9.53 Å². The molecular weight excluding hydrogens is 376 g/mol. The maximum absolute atomic E-state index is 12.9. The summed E-state index contributed by atoms with van der Waals surface area (Å²) >= 11 is 0. The average molecular weight is 407 g/mol. The number of nitrogens with zero attached hydrogens (tertiary/aromatic N) is 2. The number of amides is 1.